The van der Waals surface area contributed by atoms with Gasteiger partial charge < -0.3 is 14.8 Å². The number of Topliss-reactive ketones (excluding diaryl/α,β-unsaturated/α-hetero) is 1. The van der Waals surface area contributed by atoms with Gasteiger partial charge in [0.25, 0.3) is 5.91 Å². The normalized spacial score (nSPS) is 19.7. The third kappa shape index (κ3) is 4.75. The standard InChI is InChI=1S/C19H25N5O2S/c1-13(25)14-6-8-16(9-7-14)20-17(26)12-24-10-4-5-15(11-24)18-21-22-19(27-3)23(18)2/h6-9,15H,4-5,10-12H2,1-3H3,(H,20,26)/p+1/t15-/m0/s1. The number of ketones is 1. The van der Waals surface area contributed by atoms with E-state index in [1.54, 1.807) is 36.0 Å². The molecule has 2 N–H and O–H groups in total. The Kier molecular flexibility index (Phi) is 6.28. The maximum absolute atomic E-state index is 12.4. The number of thioether (sulfide) groups is 1. The van der Waals surface area contributed by atoms with Crippen LogP contribution < -0.4 is 10.2 Å². The topological polar surface area (TPSA) is 81.3 Å². The van der Waals surface area contributed by atoms with Crippen LogP contribution in [0.1, 0.15) is 41.9 Å². The summed E-state index contributed by atoms with van der Waals surface area (Å²) < 4.78 is 2.06. The van der Waals surface area contributed by atoms with Crippen LogP contribution in [-0.2, 0) is 11.8 Å². The second-order valence-corrected chi connectivity index (χ2v) is 7.78. The second-order valence-electron chi connectivity index (χ2n) is 7.01. The zero-order chi connectivity index (χ0) is 19.4. The molecule has 27 heavy (non-hydrogen) atoms. The number of amides is 1. The minimum absolute atomic E-state index is 0.0102. The van der Waals surface area contributed by atoms with Crippen LogP contribution in [0.5, 0.6) is 0 Å². The van der Waals surface area contributed by atoms with E-state index in [4.69, 9.17) is 0 Å². The highest BCUT2D eigenvalue weighted by atomic mass is 32.2. The molecule has 0 saturated carbocycles. The predicted octanol–water partition coefficient (Wildman–Crippen LogP) is 1.14. The molecule has 0 radical (unpaired) electrons. The van der Waals surface area contributed by atoms with Gasteiger partial charge in [0.15, 0.2) is 17.5 Å². The van der Waals surface area contributed by atoms with Crippen molar-refractivity contribution in [2.45, 2.75) is 30.8 Å². The van der Waals surface area contributed by atoms with Gasteiger partial charge in [-0.05, 0) is 50.3 Å². The summed E-state index contributed by atoms with van der Waals surface area (Å²) in [6, 6.07) is 7.01. The Balaban J connectivity index is 1.57. The lowest BCUT2D eigenvalue weighted by atomic mass is 9.97. The number of benzene rings is 1. The van der Waals surface area contributed by atoms with Gasteiger partial charge in [-0.1, -0.05) is 11.8 Å². The molecule has 7 nitrogen and oxygen atoms in total. The number of carbonyl (C=O) groups excluding carboxylic acids is 2. The summed E-state index contributed by atoms with van der Waals surface area (Å²) in [7, 11) is 2.01. The van der Waals surface area contributed by atoms with Crippen molar-refractivity contribution in [2.24, 2.45) is 7.05 Å². The number of rotatable bonds is 6. The first-order valence-corrected chi connectivity index (χ1v) is 10.4. The summed E-state index contributed by atoms with van der Waals surface area (Å²) in [5, 5.41) is 12.4. The average molecular weight is 389 g/mol. The molecule has 0 aliphatic carbocycles. The molecule has 1 amide bonds. The van der Waals surface area contributed by atoms with Crippen LogP contribution in [0.3, 0.4) is 0 Å². The minimum atomic E-state index is -0.0102. The first kappa shape index (κ1) is 19.6. The maximum Gasteiger partial charge on any atom is 0.279 e. The molecule has 1 aromatic carbocycles. The lowest BCUT2D eigenvalue weighted by Crippen LogP contribution is -3.14. The van der Waals surface area contributed by atoms with Gasteiger partial charge in [0.1, 0.15) is 5.82 Å². The SMILES string of the molecule is CSc1nnc([C@H]2CCC[NH+](CC(=O)Nc3ccc(C(C)=O)cc3)C2)n1C. The molecular weight excluding hydrogens is 362 g/mol. The molecule has 3 rings (SSSR count). The largest absolute Gasteiger partial charge is 0.327 e. The Hall–Kier alpha value is -2.19. The fourth-order valence-electron chi connectivity index (χ4n) is 3.61. The Morgan fingerprint density at radius 3 is 2.67 bits per heavy atom. The molecule has 144 valence electrons. The summed E-state index contributed by atoms with van der Waals surface area (Å²) in [4.78, 5) is 25.0. The van der Waals surface area contributed by atoms with Gasteiger partial charge >= 0.3 is 0 Å². The number of piperidine rings is 1. The zero-order valence-corrected chi connectivity index (χ0v) is 16.8. The monoisotopic (exact) mass is 388 g/mol. The van der Waals surface area contributed by atoms with E-state index in [0.29, 0.717) is 18.0 Å². The number of nitrogens with zero attached hydrogens (tertiary/aromatic N) is 3. The number of nitrogens with one attached hydrogen (secondary N) is 2. The van der Waals surface area contributed by atoms with Gasteiger partial charge in [0, 0.05) is 18.3 Å². The molecule has 0 spiro atoms. The van der Waals surface area contributed by atoms with Crippen molar-refractivity contribution >= 4 is 29.1 Å². The zero-order valence-electron chi connectivity index (χ0n) is 16.0. The third-order valence-corrected chi connectivity index (χ3v) is 5.74. The Labute approximate surface area is 163 Å². The number of anilines is 1. The number of carbonyl (C=O) groups is 2. The van der Waals surface area contributed by atoms with Crippen LogP contribution in [0, 0.1) is 0 Å². The number of hydrogen-bond donors (Lipinski definition) is 2. The Bertz CT molecular complexity index is 818. The fourth-order valence-corrected chi connectivity index (χ4v) is 4.10. The van der Waals surface area contributed by atoms with E-state index in [1.807, 2.05) is 13.3 Å². The molecule has 1 aliphatic heterocycles. The lowest BCUT2D eigenvalue weighted by molar-refractivity contribution is -0.898. The van der Waals surface area contributed by atoms with E-state index in [2.05, 4.69) is 20.1 Å². The molecule has 1 aromatic heterocycles. The van der Waals surface area contributed by atoms with E-state index in [0.717, 1.165) is 42.6 Å². The molecule has 0 bridgehead atoms. The van der Waals surface area contributed by atoms with E-state index < -0.39 is 0 Å². The van der Waals surface area contributed by atoms with Crippen molar-refractivity contribution in [2.75, 3.05) is 31.2 Å². The first-order valence-electron chi connectivity index (χ1n) is 9.15. The van der Waals surface area contributed by atoms with Crippen molar-refractivity contribution in [3.63, 3.8) is 0 Å². The van der Waals surface area contributed by atoms with E-state index >= 15 is 0 Å². The van der Waals surface area contributed by atoms with Crippen molar-refractivity contribution in [3.8, 4) is 0 Å². The summed E-state index contributed by atoms with van der Waals surface area (Å²) in [5.74, 6) is 1.35. The van der Waals surface area contributed by atoms with Crippen LogP contribution >= 0.6 is 11.8 Å². The highest BCUT2D eigenvalue weighted by Crippen LogP contribution is 2.22. The number of quaternary nitrogens is 1. The van der Waals surface area contributed by atoms with Crippen LogP contribution in [0.4, 0.5) is 5.69 Å². The quantitative estimate of drug-likeness (QED) is 0.573. The fraction of sp³-hybridized carbons (Fsp3) is 0.474. The van der Waals surface area contributed by atoms with Crippen molar-refractivity contribution in [1.82, 2.24) is 14.8 Å². The number of aromatic nitrogens is 3. The molecule has 1 aliphatic rings. The van der Waals surface area contributed by atoms with E-state index in [9.17, 15) is 9.59 Å². The maximum atomic E-state index is 12.4. The van der Waals surface area contributed by atoms with Crippen LogP contribution in [-0.4, -0.2) is 52.3 Å². The smallest absolute Gasteiger partial charge is 0.279 e. The van der Waals surface area contributed by atoms with Gasteiger partial charge in [0.05, 0.1) is 19.0 Å². The predicted molar refractivity (Wildman–Crippen MR) is 105 cm³/mol. The van der Waals surface area contributed by atoms with Gasteiger partial charge in [-0.15, -0.1) is 10.2 Å². The molecule has 2 atom stereocenters. The van der Waals surface area contributed by atoms with Crippen molar-refractivity contribution < 1.29 is 14.5 Å². The average Bonchev–Trinajstić information content (AvgIpc) is 3.03. The Morgan fingerprint density at radius 2 is 2.04 bits per heavy atom. The lowest BCUT2D eigenvalue weighted by Gasteiger charge is -2.28. The third-order valence-electron chi connectivity index (χ3n) is 5.02. The van der Waals surface area contributed by atoms with Crippen LogP contribution in [0.25, 0.3) is 0 Å². The molecule has 1 saturated heterocycles. The summed E-state index contributed by atoms with van der Waals surface area (Å²) in [6.45, 7) is 3.83. The molecule has 1 unspecified atom stereocenters. The number of likely N-dealkylation sites (tertiary alicyclic amines) is 1. The van der Waals surface area contributed by atoms with E-state index in [1.165, 1.54) is 11.8 Å². The number of hydrogen-bond acceptors (Lipinski definition) is 5. The molecule has 1 fully saturated rings. The van der Waals surface area contributed by atoms with Gasteiger partial charge in [-0.3, -0.25) is 9.59 Å². The Morgan fingerprint density at radius 1 is 1.30 bits per heavy atom. The highest BCUT2D eigenvalue weighted by Gasteiger charge is 2.29. The minimum Gasteiger partial charge on any atom is -0.327 e. The van der Waals surface area contributed by atoms with Crippen LogP contribution in [0.2, 0.25) is 0 Å². The molecule has 2 aromatic rings. The summed E-state index contributed by atoms with van der Waals surface area (Å²) in [6.07, 6.45) is 4.15. The summed E-state index contributed by atoms with van der Waals surface area (Å²) in [5.41, 5.74) is 1.36. The van der Waals surface area contributed by atoms with Gasteiger partial charge in [-0.25, -0.2) is 0 Å². The molecular formula is C19H26N5O2S+. The summed E-state index contributed by atoms with van der Waals surface area (Å²) >= 11 is 1.59. The van der Waals surface area contributed by atoms with Gasteiger partial charge in [0.2, 0.25) is 0 Å². The van der Waals surface area contributed by atoms with Crippen molar-refractivity contribution in [1.29, 1.82) is 0 Å². The highest BCUT2D eigenvalue weighted by molar-refractivity contribution is 7.98. The second kappa shape index (κ2) is 8.67. The van der Waals surface area contributed by atoms with Gasteiger partial charge in [-0.2, -0.15) is 0 Å². The first-order chi connectivity index (χ1) is 13.0. The van der Waals surface area contributed by atoms with Crippen molar-refractivity contribution in [3.05, 3.63) is 35.7 Å². The van der Waals surface area contributed by atoms with E-state index in [-0.39, 0.29) is 11.7 Å². The molecule has 8 heteroatoms. The molecule has 2 heterocycles. The van der Waals surface area contributed by atoms with Crippen LogP contribution in [0.15, 0.2) is 29.4 Å².